The number of hydrogen-bond donors (Lipinski definition) is 1. The smallest absolute Gasteiger partial charge is 0.241 e. The van der Waals surface area contributed by atoms with Gasteiger partial charge in [0.1, 0.15) is 16.4 Å². The van der Waals surface area contributed by atoms with Crippen molar-refractivity contribution in [1.29, 1.82) is 0 Å². The van der Waals surface area contributed by atoms with Crippen molar-refractivity contribution in [1.82, 2.24) is 20.1 Å². The van der Waals surface area contributed by atoms with Crippen molar-refractivity contribution in [3.63, 3.8) is 0 Å². The maximum absolute atomic E-state index is 13.3. The lowest BCUT2D eigenvalue weighted by Crippen LogP contribution is -2.41. The lowest BCUT2D eigenvalue weighted by atomic mass is 9.86. The number of aryl methyl sites for hydroxylation is 1. The summed E-state index contributed by atoms with van der Waals surface area (Å²) >= 11 is 8.42. The summed E-state index contributed by atoms with van der Waals surface area (Å²) < 4.78 is 28.3. The Hall–Kier alpha value is -2.65. The number of halogens is 3. The van der Waals surface area contributed by atoms with Crippen molar-refractivity contribution in [2.45, 2.75) is 76.3 Å². The number of nitrogens with zero attached hydrogens (tertiary/aromatic N) is 4. The second kappa shape index (κ2) is 8.95. The van der Waals surface area contributed by atoms with Crippen LogP contribution in [0.1, 0.15) is 71.7 Å². The molecule has 2 fully saturated rings. The molecule has 1 spiro atoms. The van der Waals surface area contributed by atoms with E-state index >= 15 is 0 Å². The van der Waals surface area contributed by atoms with Crippen LogP contribution in [-0.4, -0.2) is 38.9 Å². The Morgan fingerprint density at radius 2 is 1.92 bits per heavy atom. The number of benzene rings is 1. The Morgan fingerprint density at radius 3 is 2.63 bits per heavy atom. The molecule has 3 aliphatic carbocycles. The van der Waals surface area contributed by atoms with Crippen LogP contribution in [0.15, 0.2) is 29.3 Å². The van der Waals surface area contributed by atoms with Crippen molar-refractivity contribution in [2.75, 3.05) is 0 Å². The highest BCUT2D eigenvalue weighted by Crippen LogP contribution is 2.54. The van der Waals surface area contributed by atoms with Gasteiger partial charge in [-0.05, 0) is 69.9 Å². The molecule has 1 amide bonds. The van der Waals surface area contributed by atoms with E-state index in [4.69, 9.17) is 16.6 Å². The molecule has 0 saturated heterocycles. The van der Waals surface area contributed by atoms with E-state index in [9.17, 15) is 13.6 Å². The molecule has 10 heteroatoms. The number of aliphatic imine (C=N–C) groups is 1. The highest BCUT2D eigenvalue weighted by Gasteiger charge is 2.52. The van der Waals surface area contributed by atoms with Crippen LogP contribution in [0.2, 0.25) is 5.02 Å². The first-order valence-corrected chi connectivity index (χ1v) is 14.5. The number of carbonyl (C=O) groups excluding carboxylic acids is 1. The van der Waals surface area contributed by atoms with E-state index in [0.717, 1.165) is 51.9 Å². The summed E-state index contributed by atoms with van der Waals surface area (Å²) in [6, 6.07) is 7.78. The molecule has 1 aromatic carbocycles. The number of thiophene rings is 1. The third-order valence-corrected chi connectivity index (χ3v) is 10.2. The number of aromatic nitrogens is 3. The number of nitrogens with one attached hydrogen (secondary N) is 1. The van der Waals surface area contributed by atoms with E-state index < -0.39 is 17.9 Å². The van der Waals surface area contributed by atoms with Gasteiger partial charge < -0.3 is 5.32 Å². The summed E-state index contributed by atoms with van der Waals surface area (Å²) in [7, 11) is 0. The molecule has 1 aliphatic heterocycles. The van der Waals surface area contributed by atoms with Gasteiger partial charge in [0.15, 0.2) is 5.82 Å². The third kappa shape index (κ3) is 3.84. The summed E-state index contributed by atoms with van der Waals surface area (Å²) in [5.41, 5.74) is 3.56. The second-order valence-corrected chi connectivity index (χ2v) is 12.6. The van der Waals surface area contributed by atoms with Gasteiger partial charge in [0.05, 0.1) is 5.71 Å². The highest BCUT2D eigenvalue weighted by molar-refractivity contribution is 7.15. The fraction of sp³-hybridized carbons (Fsp3) is 0.500. The van der Waals surface area contributed by atoms with Gasteiger partial charge in [-0.25, -0.2) is 8.78 Å². The zero-order valence-corrected chi connectivity index (χ0v) is 22.6. The van der Waals surface area contributed by atoms with Crippen LogP contribution in [0.25, 0.3) is 5.00 Å². The van der Waals surface area contributed by atoms with Crippen molar-refractivity contribution in [3.05, 3.63) is 62.5 Å². The molecule has 2 aromatic heterocycles. The van der Waals surface area contributed by atoms with Gasteiger partial charge in [0.2, 0.25) is 12.3 Å². The monoisotopic (exact) mass is 555 g/mol. The maximum Gasteiger partial charge on any atom is 0.241 e. The molecule has 6 nitrogen and oxygen atoms in total. The lowest BCUT2D eigenvalue weighted by molar-refractivity contribution is -0.125. The van der Waals surface area contributed by atoms with Crippen LogP contribution >= 0.6 is 22.9 Å². The molecule has 2 saturated carbocycles. The molecular formula is C28H28ClF2N5OS. The Labute approximate surface area is 228 Å². The van der Waals surface area contributed by atoms with Gasteiger partial charge in [0.25, 0.3) is 0 Å². The molecule has 0 bridgehead atoms. The first kappa shape index (κ1) is 24.4. The van der Waals surface area contributed by atoms with Crippen LogP contribution in [0.3, 0.4) is 0 Å². The first-order chi connectivity index (χ1) is 18.3. The quantitative estimate of drug-likeness (QED) is 0.443. The summed E-state index contributed by atoms with van der Waals surface area (Å²) in [6.45, 7) is 1.97. The molecule has 38 heavy (non-hydrogen) atoms. The summed E-state index contributed by atoms with van der Waals surface area (Å²) in [5, 5.41) is 13.8. The molecule has 0 unspecified atom stereocenters. The average Bonchev–Trinajstić information content (AvgIpc) is 3.23. The molecule has 1 atom stereocenters. The second-order valence-electron chi connectivity index (χ2n) is 11.1. The lowest BCUT2D eigenvalue weighted by Gasteiger charge is -2.29. The SMILES string of the molecule is Cc1nnc2n1-c1sc3c(c1C(c1ccccc1Cl)=NC21CC1)C[C@H](C(=O)NC1CCC(C(F)F)CC1)C3. The number of amides is 1. The molecule has 7 rings (SSSR count). The third-order valence-electron chi connectivity index (χ3n) is 8.66. The average molecular weight is 556 g/mol. The Balaban J connectivity index is 1.23. The molecule has 1 N–H and O–H groups in total. The number of rotatable bonds is 4. The zero-order chi connectivity index (χ0) is 26.2. The fourth-order valence-electron chi connectivity index (χ4n) is 6.37. The molecule has 4 aliphatic rings. The van der Waals surface area contributed by atoms with Gasteiger partial charge in [-0.2, -0.15) is 0 Å². The van der Waals surface area contributed by atoms with Gasteiger partial charge >= 0.3 is 0 Å². The molecular weight excluding hydrogens is 528 g/mol. The van der Waals surface area contributed by atoms with Crippen LogP contribution < -0.4 is 5.32 Å². The van der Waals surface area contributed by atoms with E-state index in [0.29, 0.717) is 43.5 Å². The normalized spacial score (nSPS) is 25.0. The predicted octanol–water partition coefficient (Wildman–Crippen LogP) is 5.79. The predicted molar refractivity (Wildman–Crippen MR) is 143 cm³/mol. The van der Waals surface area contributed by atoms with E-state index in [1.165, 1.54) is 4.88 Å². The highest BCUT2D eigenvalue weighted by atomic mass is 35.5. The van der Waals surface area contributed by atoms with E-state index in [1.54, 1.807) is 11.3 Å². The van der Waals surface area contributed by atoms with Crippen LogP contribution in [-0.2, 0) is 23.2 Å². The topological polar surface area (TPSA) is 72.2 Å². The first-order valence-electron chi connectivity index (χ1n) is 13.4. The minimum atomic E-state index is -2.27. The van der Waals surface area contributed by atoms with Gasteiger partial charge in [-0.3, -0.25) is 14.4 Å². The van der Waals surface area contributed by atoms with Crippen molar-refractivity contribution >= 4 is 34.6 Å². The molecule has 3 heterocycles. The largest absolute Gasteiger partial charge is 0.353 e. The zero-order valence-electron chi connectivity index (χ0n) is 21.0. The molecule has 0 radical (unpaired) electrons. The summed E-state index contributed by atoms with van der Waals surface area (Å²) in [4.78, 5) is 19.8. The Morgan fingerprint density at radius 1 is 1.16 bits per heavy atom. The summed E-state index contributed by atoms with van der Waals surface area (Å²) in [6.07, 6.45) is 2.99. The van der Waals surface area contributed by atoms with Gasteiger partial charge in [0, 0.05) is 38.9 Å². The van der Waals surface area contributed by atoms with E-state index in [-0.39, 0.29) is 17.9 Å². The fourth-order valence-corrected chi connectivity index (χ4v) is 8.05. The standard InChI is InChI=1S/C28H28ClF2N5OS/c1-14-34-35-27-28(10-11-28)33-23(18-4-2-3-5-20(18)29)22-19-12-16(13-21(19)38-26(22)36(14)27)25(37)32-17-8-6-15(7-9-17)24(30)31/h2-5,15-17,24H,6-13H2,1H3,(H,32,37)/t15?,16-,17?/m0/s1. The minimum Gasteiger partial charge on any atom is -0.353 e. The van der Waals surface area contributed by atoms with Crippen LogP contribution in [0, 0.1) is 18.8 Å². The van der Waals surface area contributed by atoms with Crippen LogP contribution in [0.4, 0.5) is 8.78 Å². The Bertz CT molecular complexity index is 1470. The number of fused-ring (bicyclic) bond motifs is 6. The number of carbonyl (C=O) groups is 1. The van der Waals surface area contributed by atoms with Crippen molar-refractivity contribution in [2.24, 2.45) is 16.8 Å². The number of alkyl halides is 2. The number of hydrogen-bond acceptors (Lipinski definition) is 5. The van der Waals surface area contributed by atoms with Crippen molar-refractivity contribution in [3.8, 4) is 5.00 Å². The van der Waals surface area contributed by atoms with Crippen molar-refractivity contribution < 1.29 is 13.6 Å². The van der Waals surface area contributed by atoms with E-state index in [1.807, 2.05) is 31.2 Å². The van der Waals surface area contributed by atoms with E-state index in [2.05, 4.69) is 20.1 Å². The van der Waals surface area contributed by atoms with Gasteiger partial charge in [-0.1, -0.05) is 29.8 Å². The molecule has 198 valence electrons. The Kier molecular flexibility index (Phi) is 5.74. The molecule has 3 aromatic rings. The summed E-state index contributed by atoms with van der Waals surface area (Å²) in [5.74, 6) is 1.01. The van der Waals surface area contributed by atoms with Crippen LogP contribution in [0.5, 0.6) is 0 Å². The maximum atomic E-state index is 13.3. The minimum absolute atomic E-state index is 0.0207. The van der Waals surface area contributed by atoms with Gasteiger partial charge in [-0.15, -0.1) is 21.5 Å².